The lowest BCUT2D eigenvalue weighted by atomic mass is 9.92. The Bertz CT molecular complexity index is 144. The molecular weight excluding hydrogens is 158 g/mol. The predicted octanol–water partition coefficient (Wildman–Crippen LogP) is 3.15. The minimum atomic E-state index is 0.866. The summed E-state index contributed by atoms with van der Waals surface area (Å²) in [5.74, 6) is 1.86. The first-order valence-electron chi connectivity index (χ1n) is 5.89. The van der Waals surface area contributed by atoms with Gasteiger partial charge < -0.3 is 4.90 Å². The SMILES string of the molecule is CCCC(C)[C@@H]1CC(CC)CN1C. The predicted molar refractivity (Wildman–Crippen MR) is 58.9 cm³/mol. The third kappa shape index (κ3) is 2.70. The van der Waals surface area contributed by atoms with Gasteiger partial charge in [0.15, 0.2) is 0 Å². The fourth-order valence-corrected chi connectivity index (χ4v) is 2.75. The first kappa shape index (κ1) is 11.0. The van der Waals surface area contributed by atoms with E-state index in [0.29, 0.717) is 0 Å². The summed E-state index contributed by atoms with van der Waals surface area (Å²) in [7, 11) is 2.30. The molecule has 13 heavy (non-hydrogen) atoms. The van der Waals surface area contributed by atoms with Gasteiger partial charge in [-0.05, 0) is 31.7 Å². The largest absolute Gasteiger partial charge is 0.303 e. The third-order valence-corrected chi connectivity index (χ3v) is 3.67. The van der Waals surface area contributed by atoms with Gasteiger partial charge in [-0.2, -0.15) is 0 Å². The summed E-state index contributed by atoms with van der Waals surface area (Å²) in [6, 6.07) is 0.866. The molecule has 1 fully saturated rings. The molecule has 1 aliphatic rings. The Balaban J connectivity index is 2.41. The van der Waals surface area contributed by atoms with Crippen LogP contribution >= 0.6 is 0 Å². The van der Waals surface area contributed by atoms with Crippen LogP contribution in [0.4, 0.5) is 0 Å². The molecular formula is C12H25N. The van der Waals surface area contributed by atoms with E-state index in [2.05, 4.69) is 32.7 Å². The molecule has 0 amide bonds. The fourth-order valence-electron chi connectivity index (χ4n) is 2.75. The van der Waals surface area contributed by atoms with E-state index in [-0.39, 0.29) is 0 Å². The van der Waals surface area contributed by atoms with Crippen molar-refractivity contribution in [3.8, 4) is 0 Å². The average Bonchev–Trinajstić information content (AvgIpc) is 2.47. The Morgan fingerprint density at radius 3 is 2.54 bits per heavy atom. The summed E-state index contributed by atoms with van der Waals surface area (Å²) in [5, 5.41) is 0. The van der Waals surface area contributed by atoms with Gasteiger partial charge in [-0.1, -0.05) is 33.6 Å². The molecule has 1 heteroatoms. The lowest BCUT2D eigenvalue weighted by molar-refractivity contribution is 0.228. The van der Waals surface area contributed by atoms with Crippen LogP contribution < -0.4 is 0 Å². The Morgan fingerprint density at radius 2 is 2.08 bits per heavy atom. The highest BCUT2D eigenvalue weighted by Crippen LogP contribution is 2.30. The van der Waals surface area contributed by atoms with Crippen molar-refractivity contribution < 1.29 is 0 Å². The molecule has 0 aromatic heterocycles. The summed E-state index contributed by atoms with van der Waals surface area (Å²) >= 11 is 0. The molecule has 1 saturated heterocycles. The Hall–Kier alpha value is -0.0400. The molecule has 78 valence electrons. The van der Waals surface area contributed by atoms with Crippen molar-refractivity contribution in [2.24, 2.45) is 11.8 Å². The first-order chi connectivity index (χ1) is 6.19. The summed E-state index contributed by atoms with van der Waals surface area (Å²) < 4.78 is 0. The van der Waals surface area contributed by atoms with Crippen molar-refractivity contribution in [2.45, 2.75) is 52.5 Å². The van der Waals surface area contributed by atoms with Gasteiger partial charge in [0.2, 0.25) is 0 Å². The lowest BCUT2D eigenvalue weighted by Gasteiger charge is -2.25. The lowest BCUT2D eigenvalue weighted by Crippen LogP contribution is -2.30. The van der Waals surface area contributed by atoms with E-state index in [9.17, 15) is 0 Å². The molecule has 0 radical (unpaired) electrons. The van der Waals surface area contributed by atoms with E-state index >= 15 is 0 Å². The van der Waals surface area contributed by atoms with Crippen LogP contribution in [0, 0.1) is 11.8 Å². The van der Waals surface area contributed by atoms with E-state index in [1.165, 1.54) is 32.2 Å². The zero-order valence-corrected chi connectivity index (χ0v) is 9.71. The van der Waals surface area contributed by atoms with E-state index in [0.717, 1.165) is 17.9 Å². The molecule has 1 heterocycles. The van der Waals surface area contributed by atoms with Crippen molar-refractivity contribution in [3.63, 3.8) is 0 Å². The van der Waals surface area contributed by atoms with Crippen LogP contribution in [0.15, 0.2) is 0 Å². The summed E-state index contributed by atoms with van der Waals surface area (Å²) in [4.78, 5) is 2.58. The van der Waals surface area contributed by atoms with Crippen LogP contribution in [0.25, 0.3) is 0 Å². The maximum Gasteiger partial charge on any atom is 0.0121 e. The zero-order chi connectivity index (χ0) is 9.84. The molecule has 1 rings (SSSR count). The minimum absolute atomic E-state index is 0.866. The second-order valence-corrected chi connectivity index (χ2v) is 4.78. The second kappa shape index (κ2) is 4.99. The molecule has 2 unspecified atom stereocenters. The van der Waals surface area contributed by atoms with Crippen molar-refractivity contribution in [3.05, 3.63) is 0 Å². The van der Waals surface area contributed by atoms with Gasteiger partial charge in [0.25, 0.3) is 0 Å². The second-order valence-electron chi connectivity index (χ2n) is 4.78. The molecule has 0 N–H and O–H groups in total. The van der Waals surface area contributed by atoms with Crippen LogP contribution in [0.1, 0.15) is 46.5 Å². The average molecular weight is 183 g/mol. The number of nitrogens with zero attached hydrogens (tertiary/aromatic N) is 1. The Labute approximate surface area is 83.5 Å². The van der Waals surface area contributed by atoms with E-state index < -0.39 is 0 Å². The minimum Gasteiger partial charge on any atom is -0.303 e. The summed E-state index contributed by atoms with van der Waals surface area (Å²) in [5.41, 5.74) is 0. The smallest absolute Gasteiger partial charge is 0.0121 e. The molecule has 0 aliphatic carbocycles. The van der Waals surface area contributed by atoms with Gasteiger partial charge in [-0.25, -0.2) is 0 Å². The third-order valence-electron chi connectivity index (χ3n) is 3.67. The van der Waals surface area contributed by atoms with E-state index in [4.69, 9.17) is 0 Å². The van der Waals surface area contributed by atoms with Crippen molar-refractivity contribution >= 4 is 0 Å². The van der Waals surface area contributed by atoms with Gasteiger partial charge in [0.1, 0.15) is 0 Å². The van der Waals surface area contributed by atoms with E-state index in [1.54, 1.807) is 0 Å². The van der Waals surface area contributed by atoms with Crippen LogP contribution in [-0.4, -0.2) is 24.5 Å². The van der Waals surface area contributed by atoms with Crippen molar-refractivity contribution in [1.29, 1.82) is 0 Å². The van der Waals surface area contributed by atoms with Crippen LogP contribution in [0.5, 0.6) is 0 Å². The highest BCUT2D eigenvalue weighted by molar-refractivity contribution is 4.85. The monoisotopic (exact) mass is 183 g/mol. The van der Waals surface area contributed by atoms with Gasteiger partial charge in [-0.15, -0.1) is 0 Å². The molecule has 3 atom stereocenters. The van der Waals surface area contributed by atoms with Crippen LogP contribution in [0.2, 0.25) is 0 Å². The number of hydrogen-bond acceptors (Lipinski definition) is 1. The summed E-state index contributed by atoms with van der Waals surface area (Å²) in [6.07, 6.45) is 5.53. The Kier molecular flexibility index (Phi) is 4.24. The molecule has 0 spiro atoms. The summed E-state index contributed by atoms with van der Waals surface area (Å²) in [6.45, 7) is 8.37. The highest BCUT2D eigenvalue weighted by atomic mass is 15.2. The Morgan fingerprint density at radius 1 is 1.38 bits per heavy atom. The van der Waals surface area contributed by atoms with Gasteiger partial charge in [-0.3, -0.25) is 0 Å². The van der Waals surface area contributed by atoms with Crippen molar-refractivity contribution in [1.82, 2.24) is 4.90 Å². The van der Waals surface area contributed by atoms with Gasteiger partial charge >= 0.3 is 0 Å². The normalized spacial score (nSPS) is 32.3. The van der Waals surface area contributed by atoms with Crippen LogP contribution in [-0.2, 0) is 0 Å². The van der Waals surface area contributed by atoms with Crippen LogP contribution in [0.3, 0.4) is 0 Å². The maximum absolute atomic E-state index is 2.58. The maximum atomic E-state index is 2.58. The highest BCUT2D eigenvalue weighted by Gasteiger charge is 2.31. The molecule has 0 aromatic rings. The van der Waals surface area contributed by atoms with Crippen molar-refractivity contribution in [2.75, 3.05) is 13.6 Å². The topological polar surface area (TPSA) is 3.24 Å². The van der Waals surface area contributed by atoms with E-state index in [1.807, 2.05) is 0 Å². The number of hydrogen-bond donors (Lipinski definition) is 0. The molecule has 0 aromatic carbocycles. The fraction of sp³-hybridized carbons (Fsp3) is 1.00. The molecule has 0 saturated carbocycles. The molecule has 1 nitrogen and oxygen atoms in total. The number of likely N-dealkylation sites (tertiary alicyclic amines) is 1. The quantitative estimate of drug-likeness (QED) is 0.647. The number of rotatable bonds is 4. The zero-order valence-electron chi connectivity index (χ0n) is 9.71. The van der Waals surface area contributed by atoms with Gasteiger partial charge in [0, 0.05) is 12.6 Å². The van der Waals surface area contributed by atoms with Gasteiger partial charge in [0.05, 0.1) is 0 Å². The molecule has 0 bridgehead atoms. The molecule has 1 aliphatic heterocycles. The standard InChI is InChI=1S/C12H25N/c1-5-7-10(3)12-8-11(6-2)9-13(12)4/h10-12H,5-9H2,1-4H3/t10?,11?,12-/m0/s1. The first-order valence-corrected chi connectivity index (χ1v) is 5.89.